The molecule has 0 aliphatic carbocycles. The molecule has 140 valence electrons. The van der Waals surface area contributed by atoms with E-state index in [0.717, 1.165) is 12.1 Å². The summed E-state index contributed by atoms with van der Waals surface area (Å²) in [4.78, 5) is 12.2. The minimum Gasteiger partial charge on any atom is -0.493 e. The van der Waals surface area contributed by atoms with E-state index >= 15 is 0 Å². The number of hydrogen-bond acceptors (Lipinski definition) is 6. The summed E-state index contributed by atoms with van der Waals surface area (Å²) in [6.07, 6.45) is 0. The third-order valence-electron chi connectivity index (χ3n) is 3.73. The number of benzene rings is 2. The molecule has 1 heterocycles. The second-order valence-corrected chi connectivity index (χ2v) is 5.45. The largest absolute Gasteiger partial charge is 0.493 e. The van der Waals surface area contributed by atoms with Gasteiger partial charge in [-0.2, -0.15) is 0 Å². The van der Waals surface area contributed by atoms with Crippen LogP contribution in [0.25, 0.3) is 11.3 Å². The first-order valence-electron chi connectivity index (χ1n) is 7.82. The molecule has 0 aliphatic heterocycles. The van der Waals surface area contributed by atoms with Crippen molar-refractivity contribution >= 4 is 5.97 Å². The molecule has 0 atom stereocenters. The zero-order valence-corrected chi connectivity index (χ0v) is 14.5. The third-order valence-corrected chi connectivity index (χ3v) is 3.73. The van der Waals surface area contributed by atoms with Gasteiger partial charge in [-0.05, 0) is 30.3 Å². The summed E-state index contributed by atoms with van der Waals surface area (Å²) in [5.41, 5.74) is 0.602. The molecule has 0 bridgehead atoms. The molecule has 0 fully saturated rings. The lowest BCUT2D eigenvalue weighted by Crippen LogP contribution is -2.06. The maximum absolute atomic E-state index is 13.8. The van der Waals surface area contributed by atoms with Crippen molar-refractivity contribution in [2.75, 3.05) is 14.2 Å². The van der Waals surface area contributed by atoms with Crippen molar-refractivity contribution in [2.45, 2.75) is 6.61 Å². The molecule has 3 aromatic rings. The monoisotopic (exact) mass is 375 g/mol. The Bertz CT molecular complexity index is 970. The van der Waals surface area contributed by atoms with Crippen LogP contribution in [0.3, 0.4) is 0 Å². The molecule has 0 N–H and O–H groups in total. The third kappa shape index (κ3) is 4.05. The minimum absolute atomic E-state index is 0.0568. The molecule has 6 nitrogen and oxygen atoms in total. The Morgan fingerprint density at radius 2 is 1.81 bits per heavy atom. The summed E-state index contributed by atoms with van der Waals surface area (Å²) in [5.74, 6) is -1.10. The van der Waals surface area contributed by atoms with Crippen LogP contribution >= 0.6 is 0 Å². The molecule has 3 rings (SSSR count). The highest BCUT2D eigenvalue weighted by Crippen LogP contribution is 2.28. The average Bonchev–Trinajstić information content (AvgIpc) is 3.14. The molecular formula is C19H15F2NO5. The SMILES string of the molecule is COc1ccc(C(=O)OCc2cc(-c3ccc(F)cc3F)on2)cc1OC. The van der Waals surface area contributed by atoms with Gasteiger partial charge in [-0.25, -0.2) is 13.6 Å². The molecule has 0 saturated carbocycles. The van der Waals surface area contributed by atoms with E-state index < -0.39 is 17.6 Å². The molecule has 0 radical (unpaired) electrons. The maximum atomic E-state index is 13.8. The first kappa shape index (κ1) is 18.4. The smallest absolute Gasteiger partial charge is 0.338 e. The first-order valence-corrected chi connectivity index (χ1v) is 7.82. The molecule has 8 heteroatoms. The lowest BCUT2D eigenvalue weighted by atomic mass is 10.1. The predicted octanol–water partition coefficient (Wildman–Crippen LogP) is 3.99. The van der Waals surface area contributed by atoms with E-state index in [2.05, 4.69) is 5.16 Å². The van der Waals surface area contributed by atoms with Crippen LogP contribution in [0.5, 0.6) is 11.5 Å². The predicted molar refractivity (Wildman–Crippen MR) is 90.5 cm³/mol. The number of methoxy groups -OCH3 is 2. The van der Waals surface area contributed by atoms with E-state index in [1.807, 2.05) is 0 Å². The lowest BCUT2D eigenvalue weighted by Gasteiger charge is -2.09. The van der Waals surface area contributed by atoms with Gasteiger partial charge in [0.1, 0.15) is 23.9 Å². The number of aromatic nitrogens is 1. The number of ether oxygens (including phenoxy) is 3. The number of carbonyl (C=O) groups excluding carboxylic acids is 1. The van der Waals surface area contributed by atoms with Crippen molar-refractivity contribution < 1.29 is 32.3 Å². The number of nitrogens with zero attached hydrogens (tertiary/aromatic N) is 1. The summed E-state index contributed by atoms with van der Waals surface area (Å²) < 4.78 is 47.2. The van der Waals surface area contributed by atoms with Crippen LogP contribution < -0.4 is 9.47 Å². The number of esters is 1. The zero-order valence-electron chi connectivity index (χ0n) is 14.5. The van der Waals surface area contributed by atoms with Gasteiger partial charge in [0, 0.05) is 12.1 Å². The van der Waals surface area contributed by atoms with E-state index in [9.17, 15) is 13.6 Å². The van der Waals surface area contributed by atoms with E-state index in [1.54, 1.807) is 6.07 Å². The molecule has 0 saturated heterocycles. The fraction of sp³-hybridized carbons (Fsp3) is 0.158. The molecule has 2 aromatic carbocycles. The Hall–Kier alpha value is -3.42. The van der Waals surface area contributed by atoms with E-state index in [1.165, 1.54) is 38.5 Å². The Morgan fingerprint density at radius 3 is 2.52 bits per heavy atom. The summed E-state index contributed by atoms with van der Waals surface area (Å²) in [5, 5.41) is 3.73. The molecule has 0 unspecified atom stereocenters. The van der Waals surface area contributed by atoms with Gasteiger partial charge in [-0.1, -0.05) is 5.16 Å². The molecule has 27 heavy (non-hydrogen) atoms. The number of halogens is 2. The van der Waals surface area contributed by atoms with Gasteiger partial charge in [-0.3, -0.25) is 0 Å². The lowest BCUT2D eigenvalue weighted by molar-refractivity contribution is 0.0464. The molecule has 0 amide bonds. The standard InChI is InChI=1S/C19H15F2NO5/c1-24-16-6-3-11(7-18(16)25-2)19(23)26-10-13-9-17(27-22-13)14-5-4-12(20)8-15(14)21/h3-9H,10H2,1-2H3. The molecule has 1 aromatic heterocycles. The van der Waals surface area contributed by atoms with Crippen LogP contribution in [0.2, 0.25) is 0 Å². The van der Waals surface area contributed by atoms with Gasteiger partial charge in [-0.15, -0.1) is 0 Å². The number of rotatable bonds is 6. The fourth-order valence-electron chi connectivity index (χ4n) is 2.38. The number of carbonyl (C=O) groups is 1. The Labute approximate surface area is 153 Å². The maximum Gasteiger partial charge on any atom is 0.338 e. The highest BCUT2D eigenvalue weighted by atomic mass is 19.1. The van der Waals surface area contributed by atoms with Crippen molar-refractivity contribution in [1.82, 2.24) is 5.16 Å². The Kier molecular flexibility index (Phi) is 5.35. The molecule has 0 aliphatic rings. The van der Waals surface area contributed by atoms with Crippen LogP contribution in [-0.2, 0) is 11.3 Å². The zero-order chi connectivity index (χ0) is 19.4. The van der Waals surface area contributed by atoms with Crippen molar-refractivity contribution in [3.8, 4) is 22.8 Å². The summed E-state index contributed by atoms with van der Waals surface area (Å²) in [6, 6.07) is 9.12. The van der Waals surface area contributed by atoms with Gasteiger partial charge in [0.05, 0.1) is 25.3 Å². The van der Waals surface area contributed by atoms with Gasteiger partial charge >= 0.3 is 5.97 Å². The van der Waals surface area contributed by atoms with Gasteiger partial charge < -0.3 is 18.7 Å². The van der Waals surface area contributed by atoms with Crippen LogP contribution in [0, 0.1) is 11.6 Å². The van der Waals surface area contributed by atoms with Crippen LogP contribution in [0.15, 0.2) is 47.0 Å². The highest BCUT2D eigenvalue weighted by molar-refractivity contribution is 5.90. The molecular weight excluding hydrogens is 360 g/mol. The van der Waals surface area contributed by atoms with Crippen LogP contribution in [0.1, 0.15) is 16.1 Å². The average molecular weight is 375 g/mol. The minimum atomic E-state index is -0.778. The fourth-order valence-corrected chi connectivity index (χ4v) is 2.38. The van der Waals surface area contributed by atoms with Gasteiger partial charge in [0.2, 0.25) is 0 Å². The van der Waals surface area contributed by atoms with E-state index in [0.29, 0.717) is 11.5 Å². The summed E-state index contributed by atoms with van der Waals surface area (Å²) in [7, 11) is 2.94. The van der Waals surface area contributed by atoms with Crippen molar-refractivity contribution in [2.24, 2.45) is 0 Å². The Balaban J connectivity index is 1.69. The van der Waals surface area contributed by atoms with Gasteiger partial charge in [0.25, 0.3) is 0 Å². The quantitative estimate of drug-likeness (QED) is 0.607. The first-order chi connectivity index (χ1) is 13.0. The van der Waals surface area contributed by atoms with Crippen molar-refractivity contribution in [1.29, 1.82) is 0 Å². The van der Waals surface area contributed by atoms with E-state index in [-0.39, 0.29) is 29.2 Å². The Morgan fingerprint density at radius 1 is 1.04 bits per heavy atom. The summed E-state index contributed by atoms with van der Waals surface area (Å²) >= 11 is 0. The van der Waals surface area contributed by atoms with Crippen molar-refractivity contribution in [3.63, 3.8) is 0 Å². The van der Waals surface area contributed by atoms with Crippen LogP contribution in [0.4, 0.5) is 8.78 Å². The van der Waals surface area contributed by atoms with Gasteiger partial charge in [0.15, 0.2) is 17.3 Å². The van der Waals surface area contributed by atoms with Crippen LogP contribution in [-0.4, -0.2) is 25.3 Å². The second kappa shape index (κ2) is 7.86. The molecule has 0 spiro atoms. The summed E-state index contributed by atoms with van der Waals surface area (Å²) in [6.45, 7) is -0.181. The topological polar surface area (TPSA) is 70.8 Å². The van der Waals surface area contributed by atoms with E-state index in [4.69, 9.17) is 18.7 Å². The number of hydrogen-bond donors (Lipinski definition) is 0. The van der Waals surface area contributed by atoms with Crippen molar-refractivity contribution in [3.05, 3.63) is 65.4 Å². The second-order valence-electron chi connectivity index (χ2n) is 5.45. The normalized spacial score (nSPS) is 10.5. The highest BCUT2D eigenvalue weighted by Gasteiger charge is 2.15.